The maximum absolute atomic E-state index is 12.5. The largest absolute Gasteiger partial charge is 0.449 e. The van der Waals surface area contributed by atoms with Crippen LogP contribution in [0.2, 0.25) is 0 Å². The van der Waals surface area contributed by atoms with Gasteiger partial charge in [-0.25, -0.2) is 4.79 Å². The van der Waals surface area contributed by atoms with Crippen LogP contribution in [0.4, 0.5) is 0 Å². The van der Waals surface area contributed by atoms with Crippen LogP contribution in [-0.2, 0) is 16.1 Å². The molecular weight excluding hydrogens is 382 g/mol. The lowest BCUT2D eigenvalue weighted by molar-refractivity contribution is -0.139. The van der Waals surface area contributed by atoms with E-state index in [1.54, 1.807) is 37.4 Å². The zero-order valence-electron chi connectivity index (χ0n) is 17.1. The van der Waals surface area contributed by atoms with Crippen molar-refractivity contribution in [1.82, 2.24) is 4.90 Å². The third-order valence-corrected chi connectivity index (χ3v) is 4.65. The molecule has 154 valence electrons. The Balaban J connectivity index is 1.61. The normalized spacial score (nSPS) is 11.6. The molecule has 3 rings (SSSR count). The first kappa shape index (κ1) is 21.0. The van der Waals surface area contributed by atoms with E-state index >= 15 is 0 Å². The second-order valence-corrected chi connectivity index (χ2v) is 7.02. The minimum absolute atomic E-state index is 0.00556. The van der Waals surface area contributed by atoms with Crippen LogP contribution in [0.15, 0.2) is 71.1 Å². The van der Waals surface area contributed by atoms with E-state index in [0.717, 1.165) is 11.1 Å². The molecule has 0 aliphatic rings. The van der Waals surface area contributed by atoms with E-state index in [1.807, 2.05) is 30.3 Å². The van der Waals surface area contributed by atoms with Crippen molar-refractivity contribution in [3.63, 3.8) is 0 Å². The molecule has 6 heteroatoms. The van der Waals surface area contributed by atoms with Crippen molar-refractivity contribution < 1.29 is 23.5 Å². The molecule has 1 aromatic heterocycles. The molecule has 3 aromatic rings. The van der Waals surface area contributed by atoms with Crippen LogP contribution < -0.4 is 0 Å². The molecule has 2 aromatic carbocycles. The Morgan fingerprint density at radius 2 is 1.63 bits per heavy atom. The molecule has 0 N–H and O–H groups in total. The number of amides is 1. The molecule has 0 saturated carbocycles. The minimum atomic E-state index is -0.949. The van der Waals surface area contributed by atoms with Crippen LogP contribution >= 0.6 is 0 Å². The lowest BCUT2D eigenvalue weighted by Gasteiger charge is -2.21. The molecule has 0 unspecified atom stereocenters. The summed E-state index contributed by atoms with van der Waals surface area (Å²) in [6.45, 7) is 3.45. The SMILES string of the molecule is CC(=O)c1ccc(-c2ccc(C(=O)O[C@H](C)C(=O)N(C)Cc3ccccc3)o2)cc1. The Bertz CT molecular complexity index is 1040. The fourth-order valence-corrected chi connectivity index (χ4v) is 2.99. The van der Waals surface area contributed by atoms with Crippen molar-refractivity contribution in [3.8, 4) is 11.3 Å². The highest BCUT2D eigenvalue weighted by atomic mass is 16.6. The second-order valence-electron chi connectivity index (χ2n) is 7.02. The number of Topliss-reactive ketones (excluding diaryl/α,β-unsaturated/α-hetero) is 1. The standard InChI is InChI=1S/C24H23NO5/c1-16(26)19-9-11-20(12-10-19)21-13-14-22(30-21)24(28)29-17(2)23(27)25(3)15-18-7-5-4-6-8-18/h4-14,17H,15H2,1-3H3/t17-/m1/s1. The first-order chi connectivity index (χ1) is 14.3. The summed E-state index contributed by atoms with van der Waals surface area (Å²) in [5.74, 6) is -0.571. The van der Waals surface area contributed by atoms with Crippen molar-refractivity contribution in [2.24, 2.45) is 0 Å². The van der Waals surface area contributed by atoms with Gasteiger partial charge in [0.25, 0.3) is 5.91 Å². The number of carbonyl (C=O) groups is 3. The Morgan fingerprint density at radius 3 is 2.27 bits per heavy atom. The van der Waals surface area contributed by atoms with Crippen molar-refractivity contribution in [3.05, 3.63) is 83.6 Å². The summed E-state index contributed by atoms with van der Waals surface area (Å²) in [7, 11) is 1.66. The number of benzene rings is 2. The highest BCUT2D eigenvalue weighted by Crippen LogP contribution is 2.23. The van der Waals surface area contributed by atoms with Gasteiger partial charge in [0, 0.05) is 24.7 Å². The highest BCUT2D eigenvalue weighted by Gasteiger charge is 2.24. The topological polar surface area (TPSA) is 76.8 Å². The molecule has 1 heterocycles. The Kier molecular flexibility index (Phi) is 6.47. The van der Waals surface area contributed by atoms with E-state index < -0.39 is 12.1 Å². The molecule has 0 radical (unpaired) electrons. The second kappa shape index (κ2) is 9.22. The van der Waals surface area contributed by atoms with Crippen LogP contribution in [0.3, 0.4) is 0 Å². The average molecular weight is 405 g/mol. The number of rotatable bonds is 7. The van der Waals surface area contributed by atoms with Gasteiger partial charge in [0.1, 0.15) is 5.76 Å². The summed E-state index contributed by atoms with van der Waals surface area (Å²) < 4.78 is 10.9. The van der Waals surface area contributed by atoms with Crippen molar-refractivity contribution in [2.45, 2.75) is 26.5 Å². The lowest BCUT2D eigenvalue weighted by atomic mass is 10.1. The van der Waals surface area contributed by atoms with Crippen molar-refractivity contribution >= 4 is 17.7 Å². The first-order valence-corrected chi connectivity index (χ1v) is 9.56. The van der Waals surface area contributed by atoms with Gasteiger partial charge >= 0.3 is 5.97 Å². The van der Waals surface area contributed by atoms with E-state index in [4.69, 9.17) is 9.15 Å². The summed E-state index contributed by atoms with van der Waals surface area (Å²) in [5, 5.41) is 0. The van der Waals surface area contributed by atoms with Crippen molar-refractivity contribution in [2.75, 3.05) is 7.05 Å². The van der Waals surface area contributed by atoms with Crippen LogP contribution in [0.1, 0.15) is 40.3 Å². The monoisotopic (exact) mass is 405 g/mol. The van der Waals surface area contributed by atoms with E-state index in [2.05, 4.69) is 0 Å². The van der Waals surface area contributed by atoms with Crippen LogP contribution in [0, 0.1) is 0 Å². The van der Waals surface area contributed by atoms with Crippen LogP contribution in [0.25, 0.3) is 11.3 Å². The van der Waals surface area contributed by atoms with E-state index in [-0.39, 0.29) is 17.5 Å². The number of esters is 1. The molecular formula is C24H23NO5. The molecule has 0 aliphatic heterocycles. The molecule has 0 saturated heterocycles. The maximum atomic E-state index is 12.5. The number of hydrogen-bond acceptors (Lipinski definition) is 5. The number of nitrogens with zero attached hydrogens (tertiary/aromatic N) is 1. The van der Waals surface area contributed by atoms with Crippen LogP contribution in [-0.4, -0.2) is 35.7 Å². The predicted molar refractivity (Wildman–Crippen MR) is 112 cm³/mol. The maximum Gasteiger partial charge on any atom is 0.375 e. The molecule has 0 spiro atoms. The van der Waals surface area contributed by atoms with Crippen molar-refractivity contribution in [1.29, 1.82) is 0 Å². The predicted octanol–water partition coefficient (Wildman–Crippen LogP) is 4.35. The van der Waals surface area contributed by atoms with Gasteiger partial charge in [-0.1, -0.05) is 54.6 Å². The quantitative estimate of drug-likeness (QED) is 0.431. The summed E-state index contributed by atoms with van der Waals surface area (Å²) in [6.07, 6.45) is -0.949. The molecule has 1 atom stereocenters. The van der Waals surface area contributed by atoms with Gasteiger partial charge in [-0.05, 0) is 31.5 Å². The fourth-order valence-electron chi connectivity index (χ4n) is 2.99. The van der Waals surface area contributed by atoms with Gasteiger partial charge < -0.3 is 14.1 Å². The first-order valence-electron chi connectivity index (χ1n) is 9.56. The lowest BCUT2D eigenvalue weighted by Crippen LogP contribution is -2.37. The van der Waals surface area contributed by atoms with Gasteiger partial charge in [-0.15, -0.1) is 0 Å². The Morgan fingerprint density at radius 1 is 0.967 bits per heavy atom. The zero-order valence-corrected chi connectivity index (χ0v) is 17.1. The van der Waals surface area contributed by atoms with Gasteiger partial charge in [0.2, 0.25) is 5.76 Å². The fraction of sp³-hybridized carbons (Fsp3) is 0.208. The number of carbonyl (C=O) groups excluding carboxylic acids is 3. The summed E-state index contributed by atoms with van der Waals surface area (Å²) in [5.41, 5.74) is 2.31. The number of ether oxygens (including phenoxy) is 1. The van der Waals surface area contributed by atoms with E-state index in [0.29, 0.717) is 17.9 Å². The number of furan rings is 1. The Labute approximate surface area is 175 Å². The third-order valence-electron chi connectivity index (χ3n) is 4.65. The van der Waals surface area contributed by atoms with Gasteiger partial charge in [-0.2, -0.15) is 0 Å². The van der Waals surface area contributed by atoms with E-state index in [1.165, 1.54) is 24.8 Å². The summed E-state index contributed by atoms with van der Waals surface area (Å²) in [4.78, 5) is 37.8. The summed E-state index contributed by atoms with van der Waals surface area (Å²) in [6, 6.07) is 19.6. The molecule has 0 bridgehead atoms. The van der Waals surface area contributed by atoms with Gasteiger partial charge in [-0.3, -0.25) is 9.59 Å². The molecule has 0 aliphatic carbocycles. The summed E-state index contributed by atoms with van der Waals surface area (Å²) >= 11 is 0. The highest BCUT2D eigenvalue weighted by molar-refractivity contribution is 5.94. The number of hydrogen-bond donors (Lipinski definition) is 0. The smallest absolute Gasteiger partial charge is 0.375 e. The third kappa shape index (κ3) is 5.03. The number of likely N-dealkylation sites (N-methyl/N-ethyl adjacent to an activating group) is 1. The molecule has 1 amide bonds. The number of ketones is 1. The van der Waals surface area contributed by atoms with E-state index in [9.17, 15) is 14.4 Å². The zero-order chi connectivity index (χ0) is 21.7. The molecule has 0 fully saturated rings. The Hall–Kier alpha value is -3.67. The van der Waals surface area contributed by atoms with Gasteiger partial charge in [0.05, 0.1) is 0 Å². The molecule has 6 nitrogen and oxygen atoms in total. The minimum Gasteiger partial charge on any atom is -0.449 e. The van der Waals surface area contributed by atoms with Gasteiger partial charge in [0.15, 0.2) is 11.9 Å². The van der Waals surface area contributed by atoms with Crippen LogP contribution in [0.5, 0.6) is 0 Å². The molecule has 30 heavy (non-hydrogen) atoms. The average Bonchev–Trinajstić information content (AvgIpc) is 3.24.